The summed E-state index contributed by atoms with van der Waals surface area (Å²) in [5.74, 6) is 0.752. The van der Waals surface area contributed by atoms with Gasteiger partial charge in [-0.15, -0.1) is 0 Å². The largest absolute Gasteiger partial charge is 0.345 e. The van der Waals surface area contributed by atoms with Crippen LogP contribution in [0.2, 0.25) is 0 Å². The maximum Gasteiger partial charge on any atom is 0.345 e. The summed E-state index contributed by atoms with van der Waals surface area (Å²) >= 11 is 0. The fourth-order valence-corrected chi connectivity index (χ4v) is 4.19. The molecule has 0 radical (unpaired) electrons. The van der Waals surface area contributed by atoms with Gasteiger partial charge in [0.2, 0.25) is 0 Å². The van der Waals surface area contributed by atoms with E-state index in [0.717, 1.165) is 82.4 Å². The molecule has 2 aliphatic rings. The van der Waals surface area contributed by atoms with Gasteiger partial charge in [0.1, 0.15) is 6.17 Å². The predicted molar refractivity (Wildman–Crippen MR) is 105 cm³/mol. The Morgan fingerprint density at radius 2 is 1.73 bits per heavy atom. The number of rotatable bonds is 9. The minimum absolute atomic E-state index is 0.188. The fraction of sp³-hybridized carbons (Fsp3) is 0.950. The minimum Gasteiger partial charge on any atom is -0.323 e. The number of nitrogens with zero attached hydrogens (tertiary/aromatic N) is 3. The molecule has 0 saturated carbocycles. The van der Waals surface area contributed by atoms with Crippen LogP contribution < -0.4 is 5.32 Å². The second kappa shape index (κ2) is 11.8. The molecular formula is C20H40N4O2. The molecule has 2 N–H and O–H groups in total. The lowest BCUT2D eigenvalue weighted by atomic mass is 9.91. The van der Waals surface area contributed by atoms with E-state index in [0.29, 0.717) is 0 Å². The predicted octanol–water partition coefficient (Wildman–Crippen LogP) is 3.51. The van der Waals surface area contributed by atoms with E-state index in [9.17, 15) is 10.0 Å². The van der Waals surface area contributed by atoms with Gasteiger partial charge < -0.3 is 10.2 Å². The Bertz CT molecular complexity index is 393. The molecule has 0 aromatic rings. The monoisotopic (exact) mass is 368 g/mol. The third-order valence-electron chi connectivity index (χ3n) is 5.97. The number of carbonyl (C=O) groups is 1. The van der Waals surface area contributed by atoms with Crippen molar-refractivity contribution in [1.29, 1.82) is 0 Å². The number of nitrogens with one attached hydrogen (secondary N) is 1. The highest BCUT2D eigenvalue weighted by molar-refractivity contribution is 5.73. The van der Waals surface area contributed by atoms with Gasteiger partial charge in [-0.25, -0.2) is 4.79 Å². The van der Waals surface area contributed by atoms with Gasteiger partial charge in [0.05, 0.1) is 0 Å². The smallest absolute Gasteiger partial charge is 0.323 e. The van der Waals surface area contributed by atoms with Gasteiger partial charge in [-0.05, 0) is 25.2 Å². The summed E-state index contributed by atoms with van der Waals surface area (Å²) in [5, 5.41) is 15.1. The van der Waals surface area contributed by atoms with Crippen molar-refractivity contribution in [3.63, 3.8) is 0 Å². The van der Waals surface area contributed by atoms with Crippen LogP contribution in [0.15, 0.2) is 0 Å². The summed E-state index contributed by atoms with van der Waals surface area (Å²) in [6, 6.07) is -0.198. The molecular weight excluding hydrogens is 328 g/mol. The number of piperazine rings is 1. The molecule has 2 heterocycles. The van der Waals surface area contributed by atoms with Gasteiger partial charge in [-0.2, -0.15) is 5.06 Å². The Labute approximate surface area is 159 Å². The lowest BCUT2D eigenvalue weighted by molar-refractivity contribution is -0.142. The summed E-state index contributed by atoms with van der Waals surface area (Å²) in [4.78, 5) is 17.0. The SMILES string of the molecule is CCCCCC1CCN(C(=O)N(O)C(CCCC)N2CCNCC2)CC1. The Balaban J connectivity index is 1.85. The van der Waals surface area contributed by atoms with Crippen LogP contribution in [0.3, 0.4) is 0 Å². The number of hydrogen-bond donors (Lipinski definition) is 2. The number of unbranched alkanes of at least 4 members (excludes halogenated alkanes) is 3. The van der Waals surface area contributed by atoms with Gasteiger partial charge in [0.15, 0.2) is 0 Å². The number of piperidine rings is 1. The van der Waals surface area contributed by atoms with Crippen molar-refractivity contribution in [2.75, 3.05) is 39.3 Å². The molecule has 0 spiro atoms. The number of urea groups is 1. The average molecular weight is 369 g/mol. The van der Waals surface area contributed by atoms with Crippen molar-refractivity contribution in [3.05, 3.63) is 0 Å². The Morgan fingerprint density at radius 3 is 2.35 bits per heavy atom. The van der Waals surface area contributed by atoms with Gasteiger partial charge >= 0.3 is 6.03 Å². The maximum atomic E-state index is 12.9. The van der Waals surface area contributed by atoms with E-state index < -0.39 is 0 Å². The van der Waals surface area contributed by atoms with Gasteiger partial charge in [-0.3, -0.25) is 10.1 Å². The first kappa shape index (κ1) is 21.5. The van der Waals surface area contributed by atoms with Crippen LogP contribution in [0.4, 0.5) is 4.79 Å². The Hall–Kier alpha value is -0.850. The van der Waals surface area contributed by atoms with Gasteiger partial charge in [0, 0.05) is 39.3 Å². The van der Waals surface area contributed by atoms with Gasteiger partial charge in [0.25, 0.3) is 0 Å². The summed E-state index contributed by atoms with van der Waals surface area (Å²) in [7, 11) is 0. The first-order chi connectivity index (χ1) is 12.7. The zero-order valence-electron chi connectivity index (χ0n) is 17.0. The molecule has 2 aliphatic heterocycles. The second-order valence-corrected chi connectivity index (χ2v) is 7.96. The van der Waals surface area contributed by atoms with Crippen molar-refractivity contribution in [2.45, 2.75) is 77.8 Å². The van der Waals surface area contributed by atoms with Gasteiger partial charge in [-0.1, -0.05) is 52.4 Å². The fourth-order valence-electron chi connectivity index (χ4n) is 4.19. The van der Waals surface area contributed by atoms with Crippen LogP contribution in [0, 0.1) is 5.92 Å². The molecule has 26 heavy (non-hydrogen) atoms. The first-order valence-corrected chi connectivity index (χ1v) is 10.9. The lowest BCUT2D eigenvalue weighted by Crippen LogP contribution is -2.58. The van der Waals surface area contributed by atoms with Crippen molar-refractivity contribution >= 4 is 6.03 Å². The highest BCUT2D eigenvalue weighted by Crippen LogP contribution is 2.24. The van der Waals surface area contributed by atoms with Crippen LogP contribution in [0.5, 0.6) is 0 Å². The highest BCUT2D eigenvalue weighted by Gasteiger charge is 2.32. The summed E-state index contributed by atoms with van der Waals surface area (Å²) in [5.41, 5.74) is 0. The molecule has 1 atom stereocenters. The van der Waals surface area contributed by atoms with Crippen LogP contribution in [0.1, 0.15) is 71.6 Å². The number of hydrogen-bond acceptors (Lipinski definition) is 4. The third kappa shape index (κ3) is 6.39. The van der Waals surface area contributed by atoms with E-state index in [1.807, 2.05) is 4.90 Å². The van der Waals surface area contributed by atoms with E-state index in [2.05, 4.69) is 24.1 Å². The average Bonchev–Trinajstić information content (AvgIpc) is 2.69. The topological polar surface area (TPSA) is 59.1 Å². The minimum atomic E-state index is -0.198. The molecule has 2 rings (SSSR count). The second-order valence-electron chi connectivity index (χ2n) is 7.96. The van der Waals surface area contributed by atoms with Crippen molar-refractivity contribution < 1.29 is 10.0 Å². The standard InChI is InChI=1S/C20H40N4O2/c1-3-5-7-8-18-10-14-23(15-11-18)20(25)24(26)19(9-6-4-2)22-16-12-21-13-17-22/h18-19,21,26H,3-17H2,1-2H3. The molecule has 0 aromatic heterocycles. The molecule has 0 aromatic carbocycles. The molecule has 1 unspecified atom stereocenters. The molecule has 6 heteroatoms. The van der Waals surface area contributed by atoms with Crippen molar-refractivity contribution in [1.82, 2.24) is 20.2 Å². The van der Waals surface area contributed by atoms with E-state index in [1.165, 1.54) is 25.7 Å². The molecule has 6 nitrogen and oxygen atoms in total. The highest BCUT2D eigenvalue weighted by atomic mass is 16.5. The molecule has 2 saturated heterocycles. The zero-order chi connectivity index (χ0) is 18.8. The van der Waals surface area contributed by atoms with E-state index >= 15 is 0 Å². The van der Waals surface area contributed by atoms with Crippen molar-refractivity contribution in [3.8, 4) is 0 Å². The van der Waals surface area contributed by atoms with Crippen LogP contribution in [-0.4, -0.2) is 71.5 Å². The summed E-state index contributed by atoms with van der Waals surface area (Å²) < 4.78 is 0. The lowest BCUT2D eigenvalue weighted by Gasteiger charge is -2.41. The zero-order valence-corrected chi connectivity index (χ0v) is 17.0. The van der Waals surface area contributed by atoms with E-state index in [-0.39, 0.29) is 12.2 Å². The number of hydroxylamine groups is 2. The van der Waals surface area contributed by atoms with Crippen LogP contribution in [0.25, 0.3) is 0 Å². The van der Waals surface area contributed by atoms with Crippen LogP contribution in [-0.2, 0) is 0 Å². The first-order valence-electron chi connectivity index (χ1n) is 10.9. The Kier molecular flexibility index (Phi) is 9.72. The van der Waals surface area contributed by atoms with Crippen molar-refractivity contribution in [2.24, 2.45) is 5.92 Å². The Morgan fingerprint density at radius 1 is 1.08 bits per heavy atom. The number of carbonyl (C=O) groups excluding carboxylic acids is 1. The quantitative estimate of drug-likeness (QED) is 0.371. The molecule has 152 valence electrons. The van der Waals surface area contributed by atoms with Crippen LogP contribution >= 0.6 is 0 Å². The maximum absolute atomic E-state index is 12.9. The normalized spacial score (nSPS) is 21.0. The number of likely N-dealkylation sites (tertiary alicyclic amines) is 1. The molecule has 2 amide bonds. The molecule has 0 bridgehead atoms. The summed E-state index contributed by atoms with van der Waals surface area (Å²) in [6.45, 7) is 9.59. The summed E-state index contributed by atoms with van der Waals surface area (Å²) in [6.07, 6.45) is 10.1. The molecule has 0 aliphatic carbocycles. The van der Waals surface area contributed by atoms with E-state index in [1.54, 1.807) is 0 Å². The molecule has 2 fully saturated rings. The third-order valence-corrected chi connectivity index (χ3v) is 5.97. The van der Waals surface area contributed by atoms with E-state index in [4.69, 9.17) is 0 Å². The number of amides is 2.